The fourth-order valence-corrected chi connectivity index (χ4v) is 6.73. The van der Waals surface area contributed by atoms with Crippen molar-refractivity contribution in [2.24, 2.45) is 0 Å². The average molecular weight is 697 g/mol. The van der Waals surface area contributed by atoms with Crippen LogP contribution in [0.25, 0.3) is 0 Å². The Balaban J connectivity index is 1.40. The van der Waals surface area contributed by atoms with Crippen LogP contribution in [0.2, 0.25) is 0 Å². The number of fused-ring (bicyclic) bond motifs is 4. The lowest BCUT2D eigenvalue weighted by Crippen LogP contribution is -2.33. The topological polar surface area (TPSA) is 118 Å². The third-order valence-electron chi connectivity index (χ3n) is 9.68. The van der Waals surface area contributed by atoms with Gasteiger partial charge in [-0.3, -0.25) is 0 Å². The second-order valence-corrected chi connectivity index (χ2v) is 14.0. The van der Waals surface area contributed by atoms with Crippen LogP contribution < -0.4 is 29.9 Å². The Morgan fingerprint density at radius 3 is 0.660 bits per heavy atom. The second kappa shape index (κ2) is 27.3. The summed E-state index contributed by atoms with van der Waals surface area (Å²) in [5.41, 5.74) is 0.659. The summed E-state index contributed by atoms with van der Waals surface area (Å²) in [4.78, 5) is 0. The molecule has 280 valence electrons. The first-order valence-corrected chi connectivity index (χ1v) is 20.1. The van der Waals surface area contributed by atoms with Gasteiger partial charge in [-0.25, -0.2) is 0 Å². The molecule has 0 unspecified atom stereocenters. The molecule has 0 aliphatic carbocycles. The summed E-state index contributed by atoms with van der Waals surface area (Å²) < 4.78 is 23.9. The van der Waals surface area contributed by atoms with Crippen molar-refractivity contribution in [2.75, 3.05) is 26.4 Å². The van der Waals surface area contributed by atoms with Crippen molar-refractivity contribution in [1.82, 2.24) is 0 Å². The molecule has 0 fully saturated rings. The van der Waals surface area contributed by atoms with Crippen LogP contribution in [0.15, 0.2) is 36.4 Å². The van der Waals surface area contributed by atoms with E-state index in [1.807, 2.05) is 12.1 Å². The highest BCUT2D eigenvalue weighted by molar-refractivity contribution is 6.61. The van der Waals surface area contributed by atoms with Crippen molar-refractivity contribution in [2.45, 2.75) is 154 Å². The Kier molecular flexibility index (Phi) is 22.9. The van der Waals surface area contributed by atoms with E-state index in [1.165, 1.54) is 103 Å². The minimum absolute atomic E-state index is 0.329. The summed E-state index contributed by atoms with van der Waals surface area (Å²) in [6.07, 6.45) is 28.0. The minimum Gasteiger partial charge on any atom is -0.494 e. The van der Waals surface area contributed by atoms with Gasteiger partial charge in [0.2, 0.25) is 0 Å². The standard InChI is InChI=1S/C40H66B2O8/c43-41(44)39-35-27-25-29-37(39)49-33-23-19-15-11-7-3-4-8-12-16-20-24-34-50-38-30-26-28-36(40(38)42(45)46)48-32-22-18-14-10-6-2-1-5-9-13-17-21-31-47-35/h25-30,43-46H,1-24,31-34H2. The van der Waals surface area contributed by atoms with Gasteiger partial charge in [-0.05, 0) is 49.9 Å². The smallest absolute Gasteiger partial charge is 0.494 e. The van der Waals surface area contributed by atoms with Gasteiger partial charge in [-0.2, -0.15) is 0 Å². The van der Waals surface area contributed by atoms with Gasteiger partial charge >= 0.3 is 14.2 Å². The molecule has 1 aliphatic rings. The first kappa shape index (κ1) is 42.0. The van der Waals surface area contributed by atoms with E-state index in [1.54, 1.807) is 24.3 Å². The van der Waals surface area contributed by atoms with Crippen LogP contribution in [-0.4, -0.2) is 60.8 Å². The Morgan fingerprint density at radius 2 is 0.480 bits per heavy atom. The van der Waals surface area contributed by atoms with Crippen molar-refractivity contribution >= 4 is 25.2 Å². The molecule has 4 bridgehead atoms. The van der Waals surface area contributed by atoms with E-state index in [0.717, 1.165) is 51.4 Å². The molecule has 0 saturated heterocycles. The Labute approximate surface area is 303 Å². The van der Waals surface area contributed by atoms with E-state index in [4.69, 9.17) is 18.9 Å². The van der Waals surface area contributed by atoms with Crippen molar-refractivity contribution in [3.63, 3.8) is 0 Å². The van der Waals surface area contributed by atoms with Crippen LogP contribution in [-0.2, 0) is 0 Å². The Bertz CT molecular complexity index is 973. The lowest BCUT2D eigenvalue weighted by Gasteiger charge is -2.16. The minimum atomic E-state index is -1.63. The molecular formula is C40H66B2O8. The van der Waals surface area contributed by atoms with Gasteiger partial charge in [-0.15, -0.1) is 0 Å². The van der Waals surface area contributed by atoms with E-state index in [-0.39, 0.29) is 0 Å². The van der Waals surface area contributed by atoms with Crippen LogP contribution >= 0.6 is 0 Å². The number of benzene rings is 2. The van der Waals surface area contributed by atoms with E-state index < -0.39 is 14.2 Å². The number of rotatable bonds is 2. The zero-order chi connectivity index (χ0) is 35.5. The number of ether oxygens (including phenoxy) is 4. The van der Waals surface area contributed by atoms with Crippen molar-refractivity contribution in [1.29, 1.82) is 0 Å². The van der Waals surface area contributed by atoms with Gasteiger partial charge in [0, 0.05) is 0 Å². The molecule has 8 nitrogen and oxygen atoms in total. The number of hydrogen-bond donors (Lipinski definition) is 4. The second-order valence-electron chi connectivity index (χ2n) is 14.0. The van der Waals surface area contributed by atoms with Crippen LogP contribution in [0.1, 0.15) is 154 Å². The van der Waals surface area contributed by atoms with Crippen LogP contribution in [0.4, 0.5) is 0 Å². The van der Waals surface area contributed by atoms with Crippen LogP contribution in [0.5, 0.6) is 23.0 Å². The molecular weight excluding hydrogens is 630 g/mol. The van der Waals surface area contributed by atoms with Gasteiger partial charge in [-0.1, -0.05) is 141 Å². The van der Waals surface area contributed by atoms with Gasteiger partial charge in [0.05, 0.1) is 37.4 Å². The molecule has 2 aromatic carbocycles. The predicted octanol–water partition coefficient (Wildman–Crippen LogP) is 7.64. The fraction of sp³-hybridized carbons (Fsp3) is 0.700. The van der Waals surface area contributed by atoms with E-state index >= 15 is 0 Å². The SMILES string of the molecule is OB(O)c1c2cccc1OCCCCCCCCCCCCCCOc1cccc(c1B(O)O)OCCCCCCCCCCCCCCO2. The van der Waals surface area contributed by atoms with Gasteiger partial charge < -0.3 is 39.0 Å². The average Bonchev–Trinajstić information content (AvgIpc) is 3.10. The van der Waals surface area contributed by atoms with Crippen molar-refractivity contribution < 1.29 is 39.0 Å². The molecule has 1 heterocycles. The molecule has 0 saturated carbocycles. The molecule has 0 atom stereocenters. The maximum Gasteiger partial charge on any atom is 0.496 e. The third kappa shape index (κ3) is 17.7. The van der Waals surface area contributed by atoms with Crippen molar-refractivity contribution in [3.05, 3.63) is 36.4 Å². The predicted molar refractivity (Wildman–Crippen MR) is 205 cm³/mol. The van der Waals surface area contributed by atoms with Crippen LogP contribution in [0, 0.1) is 0 Å². The quantitative estimate of drug-likeness (QED) is 0.237. The maximum atomic E-state index is 10.1. The summed E-state index contributed by atoms with van der Waals surface area (Å²) in [7, 11) is -3.26. The Hall–Kier alpha value is -2.39. The zero-order valence-electron chi connectivity index (χ0n) is 30.8. The summed E-state index contributed by atoms with van der Waals surface area (Å²) in [6.45, 7) is 2.22. The number of hydrogen-bond acceptors (Lipinski definition) is 8. The normalized spacial score (nSPS) is 18.8. The van der Waals surface area contributed by atoms with Gasteiger partial charge in [0.25, 0.3) is 0 Å². The molecule has 0 spiro atoms. The first-order chi connectivity index (χ1) is 24.6. The van der Waals surface area contributed by atoms with Gasteiger partial charge in [0.1, 0.15) is 23.0 Å². The highest BCUT2D eigenvalue weighted by atomic mass is 16.5. The zero-order valence-corrected chi connectivity index (χ0v) is 30.8. The molecule has 3 rings (SSSR count). The fourth-order valence-electron chi connectivity index (χ4n) is 6.73. The molecule has 1 aliphatic heterocycles. The largest absolute Gasteiger partial charge is 0.496 e. The van der Waals surface area contributed by atoms with Crippen LogP contribution in [0.3, 0.4) is 0 Å². The first-order valence-electron chi connectivity index (χ1n) is 20.1. The molecule has 0 amide bonds. The molecule has 10 heteroatoms. The molecule has 50 heavy (non-hydrogen) atoms. The monoisotopic (exact) mass is 696 g/mol. The summed E-state index contributed by atoms with van der Waals surface area (Å²) >= 11 is 0. The molecule has 0 aromatic heterocycles. The van der Waals surface area contributed by atoms with E-state index in [0.29, 0.717) is 60.4 Å². The molecule has 0 radical (unpaired) electrons. The Morgan fingerprint density at radius 1 is 0.300 bits per heavy atom. The summed E-state index contributed by atoms with van der Waals surface area (Å²) in [6, 6.07) is 10.9. The van der Waals surface area contributed by atoms with E-state index in [2.05, 4.69) is 0 Å². The van der Waals surface area contributed by atoms with Gasteiger partial charge in [0.15, 0.2) is 0 Å². The molecule has 4 N–H and O–H groups in total. The van der Waals surface area contributed by atoms with Crippen molar-refractivity contribution in [3.8, 4) is 23.0 Å². The lowest BCUT2D eigenvalue weighted by atomic mass is 9.78. The third-order valence-corrected chi connectivity index (χ3v) is 9.68. The highest BCUT2D eigenvalue weighted by Crippen LogP contribution is 2.21. The lowest BCUT2D eigenvalue weighted by molar-refractivity contribution is 0.290. The molecule has 2 aromatic rings. The maximum absolute atomic E-state index is 10.1. The van der Waals surface area contributed by atoms with E-state index in [9.17, 15) is 20.1 Å². The highest BCUT2D eigenvalue weighted by Gasteiger charge is 2.24. The summed E-state index contributed by atoms with van der Waals surface area (Å²) in [5, 5.41) is 40.3. The summed E-state index contributed by atoms with van der Waals surface area (Å²) in [5.74, 6) is 2.00.